The van der Waals surface area contributed by atoms with E-state index in [2.05, 4.69) is 50.0 Å². The Labute approximate surface area is 263 Å². The molecule has 1 fully saturated rings. The Morgan fingerprint density at radius 2 is 1.42 bits per heavy atom. The molecule has 1 unspecified atom stereocenters. The average molecular weight is 601 g/mol. The molecular formula is C37H64N2O4. The van der Waals surface area contributed by atoms with E-state index in [1.54, 1.807) is 0 Å². The Hall–Kier alpha value is -1.92. The minimum absolute atomic E-state index is 0.0159. The van der Waals surface area contributed by atoms with Crippen molar-refractivity contribution in [1.82, 2.24) is 10.2 Å². The molecule has 246 valence electrons. The van der Waals surface area contributed by atoms with Crippen LogP contribution in [0.1, 0.15) is 136 Å². The number of nitrogens with zero attached hydrogens (tertiary/aromatic N) is 1. The SMILES string of the molecule is CCCCCCCCCCC1C(=O)N[C@@H](C(C)C)CN(C)[C@@H](Cc2ccccc2)[C@H](O)CC(=O)O[C@@H]1CCCCCCC. The maximum Gasteiger partial charge on any atom is 0.308 e. The number of likely N-dealkylation sites (N-methyl/N-ethyl adjacent to an activating group) is 1. The largest absolute Gasteiger partial charge is 0.461 e. The molecule has 0 aliphatic carbocycles. The van der Waals surface area contributed by atoms with Crippen LogP contribution < -0.4 is 5.32 Å². The lowest BCUT2D eigenvalue weighted by Crippen LogP contribution is -2.54. The second-order valence-electron chi connectivity index (χ2n) is 13.4. The number of carbonyl (C=O) groups is 2. The number of unbranched alkanes of at least 4 members (excludes halogenated alkanes) is 11. The van der Waals surface area contributed by atoms with Gasteiger partial charge in [0.1, 0.15) is 6.10 Å². The number of aliphatic hydroxyl groups is 1. The molecule has 0 aromatic heterocycles. The van der Waals surface area contributed by atoms with Crippen molar-refractivity contribution in [3.05, 3.63) is 35.9 Å². The van der Waals surface area contributed by atoms with Gasteiger partial charge in [0.25, 0.3) is 0 Å². The third-order valence-corrected chi connectivity index (χ3v) is 9.32. The second kappa shape index (κ2) is 21.7. The van der Waals surface area contributed by atoms with Gasteiger partial charge in [0.2, 0.25) is 5.91 Å². The fourth-order valence-corrected chi connectivity index (χ4v) is 6.40. The lowest BCUT2D eigenvalue weighted by molar-refractivity contribution is -0.158. The molecule has 0 radical (unpaired) electrons. The average Bonchev–Trinajstić information content (AvgIpc) is 2.98. The molecule has 1 heterocycles. The van der Waals surface area contributed by atoms with E-state index in [-0.39, 0.29) is 36.2 Å². The zero-order valence-electron chi connectivity index (χ0n) is 28.2. The number of benzene rings is 1. The van der Waals surface area contributed by atoms with Crippen LogP contribution in [0.25, 0.3) is 0 Å². The smallest absolute Gasteiger partial charge is 0.308 e. The number of hydrogen-bond acceptors (Lipinski definition) is 5. The van der Waals surface area contributed by atoms with Crippen LogP contribution in [0.15, 0.2) is 30.3 Å². The molecule has 1 amide bonds. The van der Waals surface area contributed by atoms with Crippen molar-refractivity contribution in [2.45, 2.75) is 161 Å². The van der Waals surface area contributed by atoms with E-state index in [0.717, 1.165) is 44.1 Å². The first-order valence-electron chi connectivity index (χ1n) is 17.7. The first kappa shape index (κ1) is 37.3. The molecule has 6 nitrogen and oxygen atoms in total. The molecule has 2 rings (SSSR count). The number of carbonyl (C=O) groups excluding carboxylic acids is 2. The predicted molar refractivity (Wildman–Crippen MR) is 178 cm³/mol. The van der Waals surface area contributed by atoms with E-state index in [9.17, 15) is 14.7 Å². The van der Waals surface area contributed by atoms with Gasteiger partial charge in [0.15, 0.2) is 0 Å². The van der Waals surface area contributed by atoms with Crippen LogP contribution in [0.5, 0.6) is 0 Å². The summed E-state index contributed by atoms with van der Waals surface area (Å²) in [4.78, 5) is 29.5. The third-order valence-electron chi connectivity index (χ3n) is 9.32. The number of amides is 1. The van der Waals surface area contributed by atoms with Gasteiger partial charge in [0.05, 0.1) is 18.4 Å². The van der Waals surface area contributed by atoms with Crippen LogP contribution in [0, 0.1) is 11.8 Å². The lowest BCUT2D eigenvalue weighted by Gasteiger charge is -2.38. The van der Waals surface area contributed by atoms with Gasteiger partial charge in [-0.3, -0.25) is 14.5 Å². The van der Waals surface area contributed by atoms with Gasteiger partial charge in [0, 0.05) is 18.6 Å². The third kappa shape index (κ3) is 14.6. The summed E-state index contributed by atoms with van der Waals surface area (Å²) < 4.78 is 6.16. The Morgan fingerprint density at radius 3 is 2.00 bits per heavy atom. The highest BCUT2D eigenvalue weighted by Gasteiger charge is 2.36. The summed E-state index contributed by atoms with van der Waals surface area (Å²) in [5.41, 5.74) is 1.11. The number of nitrogens with one attached hydrogen (secondary N) is 1. The highest BCUT2D eigenvalue weighted by molar-refractivity contribution is 5.80. The number of ether oxygens (including phenoxy) is 1. The van der Waals surface area contributed by atoms with Gasteiger partial charge in [-0.25, -0.2) is 0 Å². The van der Waals surface area contributed by atoms with E-state index in [1.165, 1.54) is 51.4 Å². The highest BCUT2D eigenvalue weighted by atomic mass is 16.5. The molecule has 6 heteroatoms. The predicted octanol–water partition coefficient (Wildman–Crippen LogP) is 7.85. The fourth-order valence-electron chi connectivity index (χ4n) is 6.40. The summed E-state index contributed by atoms with van der Waals surface area (Å²) in [7, 11) is 1.99. The summed E-state index contributed by atoms with van der Waals surface area (Å²) in [6.45, 7) is 9.35. The molecule has 0 saturated carbocycles. The quantitative estimate of drug-likeness (QED) is 0.132. The molecule has 0 bridgehead atoms. The Kier molecular flexibility index (Phi) is 18.8. The van der Waals surface area contributed by atoms with Crippen LogP contribution >= 0.6 is 0 Å². The molecule has 1 aliphatic heterocycles. The van der Waals surface area contributed by atoms with Crippen molar-refractivity contribution >= 4 is 11.9 Å². The summed E-state index contributed by atoms with van der Waals surface area (Å²) in [6.07, 6.45) is 15.9. The minimum Gasteiger partial charge on any atom is -0.461 e. The molecule has 0 spiro atoms. The Morgan fingerprint density at radius 1 is 0.860 bits per heavy atom. The number of aliphatic hydroxyl groups excluding tert-OH is 1. The van der Waals surface area contributed by atoms with Gasteiger partial charge < -0.3 is 15.2 Å². The zero-order valence-corrected chi connectivity index (χ0v) is 28.2. The first-order chi connectivity index (χ1) is 20.8. The van der Waals surface area contributed by atoms with E-state index in [0.29, 0.717) is 19.4 Å². The number of rotatable bonds is 18. The number of esters is 1. The normalized spacial score (nSPS) is 24.3. The second-order valence-corrected chi connectivity index (χ2v) is 13.4. The summed E-state index contributed by atoms with van der Waals surface area (Å²) in [6, 6.07) is 9.76. The molecule has 1 saturated heterocycles. The Bertz CT molecular complexity index is 877. The van der Waals surface area contributed by atoms with E-state index < -0.39 is 18.2 Å². The minimum atomic E-state index is -0.864. The maximum atomic E-state index is 14.0. The van der Waals surface area contributed by atoms with Crippen LogP contribution in [-0.4, -0.2) is 59.8 Å². The van der Waals surface area contributed by atoms with Crippen molar-refractivity contribution in [1.29, 1.82) is 0 Å². The summed E-state index contributed by atoms with van der Waals surface area (Å²) >= 11 is 0. The van der Waals surface area contributed by atoms with Crippen LogP contribution in [0.3, 0.4) is 0 Å². The van der Waals surface area contributed by atoms with Gasteiger partial charge in [-0.1, -0.05) is 135 Å². The Balaban J connectivity index is 2.23. The van der Waals surface area contributed by atoms with E-state index >= 15 is 0 Å². The van der Waals surface area contributed by atoms with Crippen molar-refractivity contribution < 1.29 is 19.4 Å². The molecule has 1 aromatic rings. The van der Waals surface area contributed by atoms with Gasteiger partial charge >= 0.3 is 5.97 Å². The van der Waals surface area contributed by atoms with Crippen LogP contribution in [0.2, 0.25) is 0 Å². The molecule has 1 aromatic carbocycles. The lowest BCUT2D eigenvalue weighted by atomic mass is 9.89. The van der Waals surface area contributed by atoms with Crippen molar-refractivity contribution in [2.75, 3.05) is 13.6 Å². The molecule has 1 aliphatic rings. The van der Waals surface area contributed by atoms with Crippen LogP contribution in [-0.2, 0) is 20.7 Å². The van der Waals surface area contributed by atoms with Crippen molar-refractivity contribution in [3.63, 3.8) is 0 Å². The summed E-state index contributed by atoms with van der Waals surface area (Å²) in [5, 5.41) is 14.8. The number of hydrogen-bond donors (Lipinski definition) is 2. The molecule has 2 N–H and O–H groups in total. The molecule has 43 heavy (non-hydrogen) atoms. The van der Waals surface area contributed by atoms with Gasteiger partial charge in [-0.15, -0.1) is 0 Å². The zero-order chi connectivity index (χ0) is 31.5. The maximum absolute atomic E-state index is 14.0. The topological polar surface area (TPSA) is 78.9 Å². The van der Waals surface area contributed by atoms with E-state index in [1.807, 2.05) is 25.2 Å². The van der Waals surface area contributed by atoms with E-state index in [4.69, 9.17) is 4.74 Å². The standard InChI is InChI=1S/C37H64N2O4/c1-6-8-10-12-13-14-16-20-24-31-35(25-21-15-11-9-7-2)43-36(41)27-34(40)33(26-30-22-18-17-19-23-30)39(5)28-32(29(3)4)38-37(31)42/h17-19,22-23,29,31-35,40H,6-16,20-21,24-28H2,1-5H3,(H,38,42)/t31?,32-,33+,34-,35-/m1/s1. The van der Waals surface area contributed by atoms with Crippen molar-refractivity contribution in [2.24, 2.45) is 11.8 Å². The van der Waals surface area contributed by atoms with Crippen LogP contribution in [0.4, 0.5) is 0 Å². The number of cyclic esters (lactones) is 1. The van der Waals surface area contributed by atoms with Gasteiger partial charge in [-0.05, 0) is 44.2 Å². The highest BCUT2D eigenvalue weighted by Crippen LogP contribution is 2.26. The first-order valence-corrected chi connectivity index (χ1v) is 17.7. The monoisotopic (exact) mass is 600 g/mol. The molecular weight excluding hydrogens is 536 g/mol. The summed E-state index contributed by atoms with van der Waals surface area (Å²) in [5.74, 6) is -0.518. The molecule has 5 atom stereocenters. The van der Waals surface area contributed by atoms with Crippen molar-refractivity contribution in [3.8, 4) is 0 Å². The fraction of sp³-hybridized carbons (Fsp3) is 0.784. The van der Waals surface area contributed by atoms with Gasteiger partial charge in [-0.2, -0.15) is 0 Å².